The lowest BCUT2D eigenvalue weighted by Gasteiger charge is -2.03. The number of nitrogens with zero attached hydrogens (tertiary/aromatic N) is 1. The van der Waals surface area contributed by atoms with E-state index in [-0.39, 0.29) is 11.7 Å². The second-order valence-corrected chi connectivity index (χ2v) is 4.87. The number of furan rings is 1. The van der Waals surface area contributed by atoms with Crippen molar-refractivity contribution in [3.63, 3.8) is 0 Å². The first-order chi connectivity index (χ1) is 9.63. The molecule has 2 aromatic heterocycles. The predicted octanol–water partition coefficient (Wildman–Crippen LogP) is 4.04. The molecule has 0 saturated carbocycles. The monoisotopic (exact) mass is 286 g/mol. The molecule has 0 saturated heterocycles. The highest BCUT2D eigenvalue weighted by atomic mass is 35.5. The number of halogens is 1. The number of aromatic nitrogens is 1. The third-order valence-electron chi connectivity index (χ3n) is 2.91. The highest BCUT2D eigenvalue weighted by Crippen LogP contribution is 2.23. The molecule has 0 spiro atoms. The predicted molar refractivity (Wildman–Crippen MR) is 78.2 cm³/mol. The highest BCUT2D eigenvalue weighted by molar-refractivity contribution is 6.33. The van der Waals surface area contributed by atoms with Crippen LogP contribution in [0, 0.1) is 6.92 Å². The van der Waals surface area contributed by atoms with Crippen LogP contribution >= 0.6 is 11.6 Å². The van der Waals surface area contributed by atoms with Gasteiger partial charge in [0.1, 0.15) is 5.58 Å². The van der Waals surface area contributed by atoms with Crippen LogP contribution in [0.2, 0.25) is 5.02 Å². The first kappa shape index (κ1) is 12.7. The van der Waals surface area contributed by atoms with Crippen molar-refractivity contribution < 1.29 is 9.21 Å². The molecule has 3 aromatic rings. The Morgan fingerprint density at radius 1 is 1.30 bits per heavy atom. The number of hydrogen-bond donors (Lipinski definition) is 1. The smallest absolute Gasteiger partial charge is 0.291 e. The van der Waals surface area contributed by atoms with Gasteiger partial charge in [-0.05, 0) is 31.2 Å². The largest absolute Gasteiger partial charge is 0.451 e. The molecule has 0 unspecified atom stereocenters. The summed E-state index contributed by atoms with van der Waals surface area (Å²) in [5.74, 6) is -0.112. The van der Waals surface area contributed by atoms with Crippen molar-refractivity contribution >= 4 is 34.2 Å². The zero-order chi connectivity index (χ0) is 14.1. The Morgan fingerprint density at radius 3 is 2.95 bits per heavy atom. The number of fused-ring (bicyclic) bond motifs is 1. The lowest BCUT2D eigenvalue weighted by Crippen LogP contribution is -2.11. The number of pyridine rings is 1. The molecule has 0 atom stereocenters. The van der Waals surface area contributed by atoms with E-state index >= 15 is 0 Å². The molecule has 0 aliphatic rings. The Morgan fingerprint density at radius 2 is 2.15 bits per heavy atom. The second kappa shape index (κ2) is 4.98. The Labute approximate surface area is 120 Å². The third-order valence-corrected chi connectivity index (χ3v) is 3.24. The average molecular weight is 287 g/mol. The van der Waals surface area contributed by atoms with E-state index in [1.54, 1.807) is 18.3 Å². The third kappa shape index (κ3) is 2.38. The standard InChI is InChI=1S/C15H11ClN2O2/c1-9-2-3-13-10(6-9)7-14(20-13)15(19)18-12-8-17-5-4-11(12)16/h2-8H,1H3,(H,18,19). The van der Waals surface area contributed by atoms with E-state index in [1.165, 1.54) is 6.20 Å². The first-order valence-electron chi connectivity index (χ1n) is 6.04. The van der Waals surface area contributed by atoms with Gasteiger partial charge in [-0.2, -0.15) is 0 Å². The number of benzene rings is 1. The lowest BCUT2D eigenvalue weighted by atomic mass is 10.2. The molecular formula is C15H11ClN2O2. The first-order valence-corrected chi connectivity index (χ1v) is 6.42. The minimum Gasteiger partial charge on any atom is -0.451 e. The number of rotatable bonds is 2. The fourth-order valence-electron chi connectivity index (χ4n) is 1.93. The number of aryl methyl sites for hydroxylation is 1. The quantitative estimate of drug-likeness (QED) is 0.773. The molecule has 0 fully saturated rings. The van der Waals surface area contributed by atoms with Gasteiger partial charge in [0.25, 0.3) is 5.91 Å². The van der Waals surface area contributed by atoms with E-state index in [0.29, 0.717) is 16.3 Å². The topological polar surface area (TPSA) is 55.1 Å². The molecule has 0 radical (unpaired) electrons. The van der Waals surface area contributed by atoms with Gasteiger partial charge in [-0.25, -0.2) is 0 Å². The Hall–Kier alpha value is -2.33. The highest BCUT2D eigenvalue weighted by Gasteiger charge is 2.13. The summed E-state index contributed by atoms with van der Waals surface area (Å²) < 4.78 is 5.52. The molecule has 4 nitrogen and oxygen atoms in total. The van der Waals surface area contributed by atoms with Crippen LogP contribution < -0.4 is 5.32 Å². The number of hydrogen-bond acceptors (Lipinski definition) is 3. The Kier molecular flexibility index (Phi) is 3.16. The maximum Gasteiger partial charge on any atom is 0.291 e. The van der Waals surface area contributed by atoms with Crippen molar-refractivity contribution in [1.82, 2.24) is 4.98 Å². The zero-order valence-corrected chi connectivity index (χ0v) is 11.4. The van der Waals surface area contributed by atoms with Crippen molar-refractivity contribution in [1.29, 1.82) is 0 Å². The molecule has 20 heavy (non-hydrogen) atoms. The number of amides is 1. The number of carbonyl (C=O) groups is 1. The second-order valence-electron chi connectivity index (χ2n) is 4.46. The van der Waals surface area contributed by atoms with Gasteiger partial charge in [0.05, 0.1) is 16.9 Å². The molecule has 0 bridgehead atoms. The van der Waals surface area contributed by atoms with Crippen molar-refractivity contribution in [2.75, 3.05) is 5.32 Å². The summed E-state index contributed by atoms with van der Waals surface area (Å²) in [6.07, 6.45) is 3.05. The summed E-state index contributed by atoms with van der Waals surface area (Å²) >= 11 is 5.97. The minimum atomic E-state index is -0.353. The van der Waals surface area contributed by atoms with Gasteiger partial charge in [0.15, 0.2) is 5.76 Å². The maximum atomic E-state index is 12.1. The molecule has 1 amide bonds. The van der Waals surface area contributed by atoms with Crippen LogP contribution in [0.5, 0.6) is 0 Å². The normalized spacial score (nSPS) is 10.7. The summed E-state index contributed by atoms with van der Waals surface area (Å²) in [7, 11) is 0. The van der Waals surface area contributed by atoms with E-state index in [0.717, 1.165) is 10.9 Å². The van der Waals surface area contributed by atoms with Crippen LogP contribution in [-0.2, 0) is 0 Å². The molecule has 1 N–H and O–H groups in total. The summed E-state index contributed by atoms with van der Waals surface area (Å²) in [5.41, 5.74) is 2.24. The van der Waals surface area contributed by atoms with Crippen molar-refractivity contribution in [3.8, 4) is 0 Å². The van der Waals surface area contributed by atoms with Gasteiger partial charge in [-0.1, -0.05) is 23.2 Å². The minimum absolute atomic E-state index is 0.241. The molecule has 0 aliphatic heterocycles. The van der Waals surface area contributed by atoms with E-state index in [1.807, 2.05) is 25.1 Å². The molecule has 3 rings (SSSR count). The molecule has 100 valence electrons. The Bertz CT molecular complexity index is 795. The molecule has 1 aromatic carbocycles. The average Bonchev–Trinajstić information content (AvgIpc) is 2.84. The van der Waals surface area contributed by atoms with Gasteiger partial charge < -0.3 is 9.73 Å². The summed E-state index contributed by atoms with van der Waals surface area (Å²) in [6.45, 7) is 1.99. The van der Waals surface area contributed by atoms with E-state index in [9.17, 15) is 4.79 Å². The van der Waals surface area contributed by atoms with Crippen LogP contribution in [0.3, 0.4) is 0 Å². The van der Waals surface area contributed by atoms with Gasteiger partial charge in [-0.3, -0.25) is 9.78 Å². The van der Waals surface area contributed by atoms with E-state index < -0.39 is 0 Å². The number of nitrogens with one attached hydrogen (secondary N) is 1. The maximum absolute atomic E-state index is 12.1. The fourth-order valence-corrected chi connectivity index (χ4v) is 2.08. The van der Waals surface area contributed by atoms with Crippen LogP contribution in [0.15, 0.2) is 47.1 Å². The van der Waals surface area contributed by atoms with Crippen LogP contribution in [0.1, 0.15) is 16.1 Å². The number of carbonyl (C=O) groups excluding carboxylic acids is 1. The molecule has 5 heteroatoms. The van der Waals surface area contributed by atoms with Gasteiger partial charge in [0.2, 0.25) is 0 Å². The lowest BCUT2D eigenvalue weighted by molar-refractivity contribution is 0.0998. The fraction of sp³-hybridized carbons (Fsp3) is 0.0667. The molecule has 0 aliphatic carbocycles. The summed E-state index contributed by atoms with van der Waals surface area (Å²) in [4.78, 5) is 16.0. The summed E-state index contributed by atoms with van der Waals surface area (Å²) in [6, 6.07) is 9.07. The molecule has 2 heterocycles. The van der Waals surface area contributed by atoms with E-state index in [2.05, 4.69) is 10.3 Å². The van der Waals surface area contributed by atoms with Crippen LogP contribution in [-0.4, -0.2) is 10.9 Å². The van der Waals surface area contributed by atoms with Crippen LogP contribution in [0.25, 0.3) is 11.0 Å². The van der Waals surface area contributed by atoms with Crippen LogP contribution in [0.4, 0.5) is 5.69 Å². The van der Waals surface area contributed by atoms with Gasteiger partial charge >= 0.3 is 0 Å². The number of anilines is 1. The van der Waals surface area contributed by atoms with Crippen molar-refractivity contribution in [2.24, 2.45) is 0 Å². The van der Waals surface area contributed by atoms with Crippen molar-refractivity contribution in [3.05, 3.63) is 59.1 Å². The van der Waals surface area contributed by atoms with Crippen molar-refractivity contribution in [2.45, 2.75) is 6.92 Å². The van der Waals surface area contributed by atoms with Gasteiger partial charge in [-0.15, -0.1) is 0 Å². The van der Waals surface area contributed by atoms with Gasteiger partial charge in [0, 0.05) is 11.6 Å². The summed E-state index contributed by atoms with van der Waals surface area (Å²) in [5, 5.41) is 4.00. The Balaban J connectivity index is 1.91. The SMILES string of the molecule is Cc1ccc2oc(C(=O)Nc3cnccc3Cl)cc2c1. The molecular weight excluding hydrogens is 276 g/mol. The van der Waals surface area contributed by atoms with E-state index in [4.69, 9.17) is 16.0 Å². The zero-order valence-electron chi connectivity index (χ0n) is 10.7.